The Hall–Kier alpha value is -0.820. The first-order valence-corrected chi connectivity index (χ1v) is 6.38. The van der Waals surface area contributed by atoms with E-state index in [1.54, 1.807) is 11.1 Å². The molecule has 0 saturated heterocycles. The van der Waals surface area contributed by atoms with Gasteiger partial charge in [-0.25, -0.2) is 0 Å². The van der Waals surface area contributed by atoms with Crippen molar-refractivity contribution in [2.24, 2.45) is 0 Å². The van der Waals surface area contributed by atoms with Crippen LogP contribution >= 0.6 is 0 Å². The van der Waals surface area contributed by atoms with E-state index >= 15 is 0 Å². The largest absolute Gasteiger partial charge is 0.390 e. The van der Waals surface area contributed by atoms with Crippen molar-refractivity contribution in [2.45, 2.75) is 58.0 Å². The van der Waals surface area contributed by atoms with Crippen LogP contribution < -0.4 is 0 Å². The molecule has 0 unspecified atom stereocenters. The van der Waals surface area contributed by atoms with Crippen LogP contribution in [0.15, 0.2) is 18.2 Å². The van der Waals surface area contributed by atoms with Crippen molar-refractivity contribution >= 4 is 0 Å². The van der Waals surface area contributed by atoms with Gasteiger partial charge in [0.2, 0.25) is 0 Å². The van der Waals surface area contributed by atoms with Gasteiger partial charge in [-0.1, -0.05) is 18.2 Å². The monoisotopic (exact) mass is 218 g/mol. The van der Waals surface area contributed by atoms with Gasteiger partial charge in [0.1, 0.15) is 0 Å². The average molecular weight is 218 g/mol. The Balaban J connectivity index is 1.91. The second kappa shape index (κ2) is 4.58. The zero-order valence-electron chi connectivity index (χ0n) is 10.4. The lowest BCUT2D eigenvalue weighted by Gasteiger charge is -2.16. The molecule has 0 spiro atoms. The number of hydrogen-bond acceptors (Lipinski definition) is 1. The number of hydrogen-bond donors (Lipinski definition) is 1. The molecule has 0 saturated carbocycles. The van der Waals surface area contributed by atoms with Crippen LogP contribution in [-0.4, -0.2) is 10.7 Å². The van der Waals surface area contributed by atoms with Crippen molar-refractivity contribution in [1.82, 2.24) is 0 Å². The van der Waals surface area contributed by atoms with Gasteiger partial charge < -0.3 is 5.11 Å². The van der Waals surface area contributed by atoms with Crippen LogP contribution in [0.3, 0.4) is 0 Å². The summed E-state index contributed by atoms with van der Waals surface area (Å²) in [5.41, 5.74) is 4.02. The van der Waals surface area contributed by atoms with Crippen molar-refractivity contribution in [1.29, 1.82) is 0 Å². The van der Waals surface area contributed by atoms with Crippen molar-refractivity contribution in [2.75, 3.05) is 0 Å². The number of rotatable bonds is 4. The van der Waals surface area contributed by atoms with E-state index in [-0.39, 0.29) is 0 Å². The Labute approximate surface area is 98.5 Å². The van der Waals surface area contributed by atoms with Crippen LogP contribution in [0.1, 0.15) is 49.8 Å². The first-order chi connectivity index (χ1) is 7.54. The lowest BCUT2D eigenvalue weighted by atomic mass is 9.97. The van der Waals surface area contributed by atoms with E-state index in [4.69, 9.17) is 0 Å². The summed E-state index contributed by atoms with van der Waals surface area (Å²) in [7, 11) is 0. The maximum atomic E-state index is 9.65. The van der Waals surface area contributed by atoms with E-state index < -0.39 is 5.60 Å². The molecule has 0 radical (unpaired) electrons. The first kappa shape index (κ1) is 11.7. The zero-order valence-corrected chi connectivity index (χ0v) is 10.4. The molecule has 0 fully saturated rings. The maximum Gasteiger partial charge on any atom is 0.0591 e. The Morgan fingerprint density at radius 3 is 2.69 bits per heavy atom. The van der Waals surface area contributed by atoms with Crippen LogP contribution in [0.4, 0.5) is 0 Å². The highest BCUT2D eigenvalue weighted by Gasteiger charge is 2.13. The molecule has 1 aliphatic rings. The molecule has 1 aliphatic carbocycles. The van der Waals surface area contributed by atoms with Crippen LogP contribution in [0.2, 0.25) is 0 Å². The zero-order chi connectivity index (χ0) is 11.6. The quantitative estimate of drug-likeness (QED) is 0.822. The van der Waals surface area contributed by atoms with E-state index in [9.17, 15) is 5.11 Å². The summed E-state index contributed by atoms with van der Waals surface area (Å²) in [5, 5.41) is 9.65. The van der Waals surface area contributed by atoms with Gasteiger partial charge in [-0.05, 0) is 69.1 Å². The highest BCUT2D eigenvalue weighted by atomic mass is 16.3. The van der Waals surface area contributed by atoms with E-state index in [0.717, 1.165) is 19.3 Å². The van der Waals surface area contributed by atoms with Gasteiger partial charge in [0.15, 0.2) is 0 Å². The van der Waals surface area contributed by atoms with Gasteiger partial charge in [-0.3, -0.25) is 0 Å². The Bertz CT molecular complexity index is 360. The lowest BCUT2D eigenvalue weighted by Crippen LogP contribution is -2.18. The molecule has 1 aromatic carbocycles. The molecule has 88 valence electrons. The SMILES string of the molecule is CC(C)(O)CCCc1ccc2c(c1)CCC2. The Morgan fingerprint density at radius 1 is 1.19 bits per heavy atom. The van der Waals surface area contributed by atoms with Crippen molar-refractivity contribution in [3.8, 4) is 0 Å². The van der Waals surface area contributed by atoms with Gasteiger partial charge in [-0.15, -0.1) is 0 Å². The molecule has 1 nitrogen and oxygen atoms in total. The highest BCUT2D eigenvalue weighted by Crippen LogP contribution is 2.24. The van der Waals surface area contributed by atoms with Crippen LogP contribution in [0, 0.1) is 0 Å². The number of aryl methyl sites for hydroxylation is 3. The molecule has 0 aromatic heterocycles. The molecule has 0 aliphatic heterocycles. The fourth-order valence-electron chi connectivity index (χ4n) is 2.51. The fraction of sp³-hybridized carbons (Fsp3) is 0.600. The topological polar surface area (TPSA) is 20.2 Å². The molecule has 16 heavy (non-hydrogen) atoms. The number of benzene rings is 1. The molecule has 1 heteroatoms. The molecular formula is C15H22O. The summed E-state index contributed by atoms with van der Waals surface area (Å²) in [4.78, 5) is 0. The van der Waals surface area contributed by atoms with Gasteiger partial charge in [0, 0.05) is 0 Å². The van der Waals surface area contributed by atoms with Crippen LogP contribution in [-0.2, 0) is 19.3 Å². The number of fused-ring (bicyclic) bond motifs is 1. The molecule has 0 atom stereocenters. The van der Waals surface area contributed by atoms with E-state index in [1.165, 1.54) is 24.8 Å². The summed E-state index contributed by atoms with van der Waals surface area (Å²) in [6.45, 7) is 3.77. The van der Waals surface area contributed by atoms with Crippen LogP contribution in [0.25, 0.3) is 0 Å². The molecule has 1 N–H and O–H groups in total. The Morgan fingerprint density at radius 2 is 1.94 bits per heavy atom. The minimum absolute atomic E-state index is 0.517. The van der Waals surface area contributed by atoms with Crippen molar-refractivity contribution in [3.63, 3.8) is 0 Å². The summed E-state index contributed by atoms with van der Waals surface area (Å²) in [5.74, 6) is 0. The van der Waals surface area contributed by atoms with Gasteiger partial charge in [-0.2, -0.15) is 0 Å². The normalized spacial score (nSPS) is 15.2. The summed E-state index contributed by atoms with van der Waals surface area (Å²) < 4.78 is 0. The van der Waals surface area contributed by atoms with E-state index in [2.05, 4.69) is 18.2 Å². The summed E-state index contributed by atoms with van der Waals surface area (Å²) >= 11 is 0. The predicted molar refractivity (Wildman–Crippen MR) is 67.7 cm³/mol. The second-order valence-corrected chi connectivity index (χ2v) is 5.62. The highest BCUT2D eigenvalue weighted by molar-refractivity contribution is 5.35. The third-order valence-corrected chi connectivity index (χ3v) is 3.42. The van der Waals surface area contributed by atoms with Gasteiger partial charge in [0.25, 0.3) is 0 Å². The van der Waals surface area contributed by atoms with Gasteiger partial charge in [0.05, 0.1) is 5.60 Å². The van der Waals surface area contributed by atoms with E-state index in [1.807, 2.05) is 13.8 Å². The minimum atomic E-state index is -0.517. The minimum Gasteiger partial charge on any atom is -0.390 e. The molecule has 0 bridgehead atoms. The van der Waals surface area contributed by atoms with E-state index in [0.29, 0.717) is 0 Å². The molecule has 1 aromatic rings. The third-order valence-electron chi connectivity index (χ3n) is 3.42. The summed E-state index contributed by atoms with van der Waals surface area (Å²) in [6.07, 6.45) is 6.89. The number of aliphatic hydroxyl groups is 1. The third kappa shape index (κ3) is 3.08. The molecular weight excluding hydrogens is 196 g/mol. The smallest absolute Gasteiger partial charge is 0.0591 e. The van der Waals surface area contributed by atoms with Gasteiger partial charge >= 0.3 is 0 Å². The standard InChI is InChI=1S/C15H22O/c1-15(2,16)10-4-5-12-8-9-13-6-3-7-14(13)11-12/h8-9,11,16H,3-7,10H2,1-2H3. The fourth-order valence-corrected chi connectivity index (χ4v) is 2.51. The Kier molecular flexibility index (Phi) is 3.34. The average Bonchev–Trinajstić information content (AvgIpc) is 2.62. The van der Waals surface area contributed by atoms with Crippen molar-refractivity contribution < 1.29 is 5.11 Å². The second-order valence-electron chi connectivity index (χ2n) is 5.62. The molecule has 2 rings (SSSR count). The molecule has 0 amide bonds. The van der Waals surface area contributed by atoms with Crippen LogP contribution in [0.5, 0.6) is 0 Å². The summed E-state index contributed by atoms with van der Waals surface area (Å²) in [6, 6.07) is 6.92. The first-order valence-electron chi connectivity index (χ1n) is 6.38. The predicted octanol–water partition coefficient (Wildman–Crippen LogP) is 3.27. The van der Waals surface area contributed by atoms with Crippen molar-refractivity contribution in [3.05, 3.63) is 34.9 Å². The maximum absolute atomic E-state index is 9.65. The lowest BCUT2D eigenvalue weighted by molar-refractivity contribution is 0.0689. The molecule has 0 heterocycles.